The molecule has 1 aromatic carbocycles. The quantitative estimate of drug-likeness (QED) is 0.787. The van der Waals surface area contributed by atoms with Crippen LogP contribution in [-0.4, -0.2) is 28.1 Å². The van der Waals surface area contributed by atoms with Crippen molar-refractivity contribution < 1.29 is 13.5 Å². The maximum Gasteiger partial charge on any atom is 0.153 e. The number of aromatic nitrogens is 2. The normalized spacial score (nSPS) is 18.7. The van der Waals surface area contributed by atoms with Gasteiger partial charge in [-0.1, -0.05) is 0 Å². The van der Waals surface area contributed by atoms with Crippen LogP contribution in [0.5, 0.6) is 0 Å². The molecule has 2 aromatic rings. The number of imidazole rings is 1. The fraction of sp³-hybridized carbons (Fsp3) is 0.533. The van der Waals surface area contributed by atoms with Gasteiger partial charge in [0, 0.05) is 31.5 Å². The molecule has 1 saturated heterocycles. The molecule has 1 fully saturated rings. The number of fused-ring (bicyclic) bond motifs is 1. The van der Waals surface area contributed by atoms with Crippen LogP contribution >= 0.6 is 11.6 Å². The lowest BCUT2D eigenvalue weighted by molar-refractivity contribution is 0.100. The first-order valence-electron chi connectivity index (χ1n) is 7.21. The molecule has 6 heteroatoms. The van der Waals surface area contributed by atoms with Gasteiger partial charge in [-0.25, -0.2) is 13.8 Å². The van der Waals surface area contributed by atoms with Crippen LogP contribution < -0.4 is 0 Å². The van der Waals surface area contributed by atoms with Crippen molar-refractivity contribution in [2.75, 3.05) is 12.5 Å². The summed E-state index contributed by atoms with van der Waals surface area (Å²) in [6.45, 7) is 1.43. The highest BCUT2D eigenvalue weighted by atomic mass is 35.5. The molecular formula is C15H17ClF2N2O. The fourth-order valence-electron chi connectivity index (χ4n) is 2.87. The molecule has 21 heavy (non-hydrogen) atoms. The Kier molecular flexibility index (Phi) is 4.40. The first-order chi connectivity index (χ1) is 10.2. The van der Waals surface area contributed by atoms with E-state index >= 15 is 0 Å². The molecule has 0 bridgehead atoms. The molecule has 3 rings (SSSR count). The zero-order valence-corrected chi connectivity index (χ0v) is 12.4. The standard InChI is InChI=1S/C15H17ClF2N2O/c16-5-3-14-19-15-12(18)8-10(17)9-13(15)20(14)6-4-11-2-1-7-21-11/h8-9,11H,1-7H2. The van der Waals surface area contributed by atoms with Crippen molar-refractivity contribution in [1.29, 1.82) is 0 Å². The van der Waals surface area contributed by atoms with E-state index in [1.165, 1.54) is 6.07 Å². The van der Waals surface area contributed by atoms with Gasteiger partial charge in [-0.15, -0.1) is 11.6 Å². The molecule has 2 heterocycles. The second-order valence-electron chi connectivity index (χ2n) is 5.30. The average Bonchev–Trinajstić information content (AvgIpc) is 3.05. The monoisotopic (exact) mass is 314 g/mol. The third-order valence-electron chi connectivity index (χ3n) is 3.87. The Morgan fingerprint density at radius 3 is 2.95 bits per heavy atom. The van der Waals surface area contributed by atoms with Crippen molar-refractivity contribution >= 4 is 22.6 Å². The van der Waals surface area contributed by atoms with Crippen molar-refractivity contribution in [3.8, 4) is 0 Å². The number of nitrogens with zero attached hydrogens (tertiary/aromatic N) is 2. The van der Waals surface area contributed by atoms with Crippen LogP contribution in [0, 0.1) is 11.6 Å². The third kappa shape index (κ3) is 3.04. The van der Waals surface area contributed by atoms with Gasteiger partial charge in [0.25, 0.3) is 0 Å². The third-order valence-corrected chi connectivity index (χ3v) is 4.06. The summed E-state index contributed by atoms with van der Waals surface area (Å²) in [5.74, 6) is -0.122. The van der Waals surface area contributed by atoms with Gasteiger partial charge in [0.05, 0.1) is 11.6 Å². The Morgan fingerprint density at radius 2 is 2.24 bits per heavy atom. The molecule has 114 valence electrons. The van der Waals surface area contributed by atoms with Gasteiger partial charge >= 0.3 is 0 Å². The average molecular weight is 315 g/mol. The summed E-state index contributed by atoms with van der Waals surface area (Å²) in [5.41, 5.74) is 0.703. The maximum absolute atomic E-state index is 13.8. The van der Waals surface area contributed by atoms with Crippen molar-refractivity contribution in [2.45, 2.75) is 38.3 Å². The minimum atomic E-state index is -0.628. The highest BCUT2D eigenvalue weighted by molar-refractivity contribution is 6.17. The Labute approximate surface area is 126 Å². The summed E-state index contributed by atoms with van der Waals surface area (Å²) in [4.78, 5) is 4.28. The highest BCUT2D eigenvalue weighted by Crippen LogP contribution is 2.24. The lowest BCUT2D eigenvalue weighted by atomic mass is 10.2. The molecule has 3 nitrogen and oxygen atoms in total. The van der Waals surface area contributed by atoms with Crippen molar-refractivity contribution in [1.82, 2.24) is 9.55 Å². The molecule has 0 N–H and O–H groups in total. The van der Waals surface area contributed by atoms with E-state index in [-0.39, 0.29) is 11.6 Å². The zero-order valence-electron chi connectivity index (χ0n) is 11.6. The molecule has 0 aliphatic carbocycles. The van der Waals surface area contributed by atoms with Crippen LogP contribution in [0.2, 0.25) is 0 Å². The Bertz CT molecular complexity index is 638. The summed E-state index contributed by atoms with van der Waals surface area (Å²) in [6, 6.07) is 2.20. The molecule has 1 atom stereocenters. The van der Waals surface area contributed by atoms with Crippen molar-refractivity contribution in [3.63, 3.8) is 0 Å². The summed E-state index contributed by atoms with van der Waals surface area (Å²) in [5, 5.41) is 0. The maximum atomic E-state index is 13.8. The Hall–Kier alpha value is -1.20. The van der Waals surface area contributed by atoms with Crippen LogP contribution in [0.4, 0.5) is 8.78 Å². The van der Waals surface area contributed by atoms with Crippen molar-refractivity contribution in [2.24, 2.45) is 0 Å². The number of alkyl halides is 1. The number of rotatable bonds is 5. The second-order valence-corrected chi connectivity index (χ2v) is 5.68. The van der Waals surface area contributed by atoms with E-state index in [1.807, 2.05) is 4.57 Å². The van der Waals surface area contributed by atoms with E-state index in [0.717, 1.165) is 31.9 Å². The molecule has 0 radical (unpaired) electrons. The number of benzene rings is 1. The summed E-state index contributed by atoms with van der Waals surface area (Å²) in [6.07, 6.45) is 3.69. The van der Waals surface area contributed by atoms with Gasteiger partial charge in [-0.3, -0.25) is 0 Å². The zero-order chi connectivity index (χ0) is 14.8. The van der Waals surface area contributed by atoms with Gasteiger partial charge in [0.2, 0.25) is 0 Å². The molecular weight excluding hydrogens is 298 g/mol. The second kappa shape index (κ2) is 6.28. The predicted molar refractivity (Wildman–Crippen MR) is 77.7 cm³/mol. The van der Waals surface area contributed by atoms with Crippen LogP contribution in [0.25, 0.3) is 11.0 Å². The Balaban J connectivity index is 1.94. The molecule has 1 aliphatic rings. The molecule has 1 aliphatic heterocycles. The lowest BCUT2D eigenvalue weighted by Crippen LogP contribution is -2.12. The first kappa shape index (κ1) is 14.7. The molecule has 0 saturated carbocycles. The van der Waals surface area contributed by atoms with Gasteiger partial charge < -0.3 is 9.30 Å². The van der Waals surface area contributed by atoms with Crippen LogP contribution in [0.15, 0.2) is 12.1 Å². The number of hydrogen-bond donors (Lipinski definition) is 0. The van der Waals surface area contributed by atoms with Crippen molar-refractivity contribution in [3.05, 3.63) is 29.6 Å². The minimum Gasteiger partial charge on any atom is -0.378 e. The minimum absolute atomic E-state index is 0.212. The van der Waals surface area contributed by atoms with Gasteiger partial charge in [0.1, 0.15) is 17.2 Å². The van der Waals surface area contributed by atoms with Gasteiger partial charge in [-0.2, -0.15) is 0 Å². The molecule has 0 spiro atoms. The highest BCUT2D eigenvalue weighted by Gasteiger charge is 2.19. The van der Waals surface area contributed by atoms with E-state index in [1.54, 1.807) is 0 Å². The molecule has 1 unspecified atom stereocenters. The predicted octanol–water partition coefficient (Wildman–Crippen LogP) is 3.66. The summed E-state index contributed by atoms with van der Waals surface area (Å²) < 4.78 is 34.8. The lowest BCUT2D eigenvalue weighted by Gasteiger charge is -2.12. The van der Waals surface area contributed by atoms with Crippen LogP contribution in [-0.2, 0) is 17.7 Å². The van der Waals surface area contributed by atoms with Crippen LogP contribution in [0.3, 0.4) is 0 Å². The Morgan fingerprint density at radius 1 is 1.38 bits per heavy atom. The van der Waals surface area contributed by atoms with Gasteiger partial charge in [-0.05, 0) is 25.3 Å². The first-order valence-corrected chi connectivity index (χ1v) is 7.74. The summed E-state index contributed by atoms with van der Waals surface area (Å²) >= 11 is 5.79. The largest absolute Gasteiger partial charge is 0.378 e. The van der Waals surface area contributed by atoms with E-state index in [0.29, 0.717) is 30.2 Å². The SMILES string of the molecule is Fc1cc(F)c2nc(CCCl)n(CCC3CCCO3)c2c1. The van der Waals surface area contributed by atoms with E-state index in [4.69, 9.17) is 16.3 Å². The van der Waals surface area contributed by atoms with E-state index in [9.17, 15) is 8.78 Å². The summed E-state index contributed by atoms with van der Waals surface area (Å²) in [7, 11) is 0. The fourth-order valence-corrected chi connectivity index (χ4v) is 3.04. The number of halogens is 3. The number of aryl methyl sites for hydroxylation is 2. The van der Waals surface area contributed by atoms with Crippen LogP contribution in [0.1, 0.15) is 25.1 Å². The van der Waals surface area contributed by atoms with Gasteiger partial charge in [0.15, 0.2) is 5.82 Å². The van der Waals surface area contributed by atoms with E-state index in [2.05, 4.69) is 4.98 Å². The topological polar surface area (TPSA) is 27.1 Å². The van der Waals surface area contributed by atoms with E-state index < -0.39 is 11.6 Å². The molecule has 1 aromatic heterocycles. The molecule has 0 amide bonds. The smallest absolute Gasteiger partial charge is 0.153 e. The number of hydrogen-bond acceptors (Lipinski definition) is 2. The number of ether oxygens (including phenoxy) is 1.